The van der Waals surface area contributed by atoms with Gasteiger partial charge in [0.1, 0.15) is 0 Å². The van der Waals surface area contributed by atoms with Crippen molar-refractivity contribution in [2.75, 3.05) is 25.0 Å². The molecule has 1 aromatic carbocycles. The molecule has 6 heteroatoms. The average molecular weight is 306 g/mol. The highest BCUT2D eigenvalue weighted by molar-refractivity contribution is 5.95. The number of nitrogens with zero attached hydrogens (tertiary/aromatic N) is 1. The summed E-state index contributed by atoms with van der Waals surface area (Å²) in [5, 5.41) is 2.60. The molecule has 1 aromatic rings. The van der Waals surface area contributed by atoms with E-state index >= 15 is 0 Å². The third kappa shape index (κ3) is 4.21. The fourth-order valence-corrected chi connectivity index (χ4v) is 2.51. The zero-order valence-electron chi connectivity index (χ0n) is 13.2. The lowest BCUT2D eigenvalue weighted by Gasteiger charge is -2.35. The van der Waals surface area contributed by atoms with Crippen molar-refractivity contribution in [2.24, 2.45) is 0 Å². The zero-order valence-corrected chi connectivity index (χ0v) is 13.2. The molecule has 2 amide bonds. The van der Waals surface area contributed by atoms with Crippen molar-refractivity contribution in [3.63, 3.8) is 0 Å². The molecule has 1 saturated heterocycles. The van der Waals surface area contributed by atoms with E-state index in [4.69, 9.17) is 9.47 Å². The molecular formula is C16H22N2O4. The highest BCUT2D eigenvalue weighted by atomic mass is 16.5. The van der Waals surface area contributed by atoms with Gasteiger partial charge in [-0.05, 0) is 45.0 Å². The minimum absolute atomic E-state index is 0.0234. The summed E-state index contributed by atoms with van der Waals surface area (Å²) in [4.78, 5) is 25.6. The Labute approximate surface area is 130 Å². The lowest BCUT2D eigenvalue weighted by Crippen LogP contribution is -2.48. The fourth-order valence-electron chi connectivity index (χ4n) is 2.51. The van der Waals surface area contributed by atoms with Gasteiger partial charge in [0.25, 0.3) is 5.91 Å². The average Bonchev–Trinajstić information content (AvgIpc) is 2.46. The maximum absolute atomic E-state index is 12.5. The molecule has 0 saturated carbocycles. The third-order valence-corrected chi connectivity index (χ3v) is 3.36. The predicted molar refractivity (Wildman–Crippen MR) is 83.0 cm³/mol. The van der Waals surface area contributed by atoms with E-state index in [1.165, 1.54) is 0 Å². The van der Waals surface area contributed by atoms with E-state index in [0.29, 0.717) is 30.9 Å². The first kappa shape index (κ1) is 16.3. The van der Waals surface area contributed by atoms with Crippen LogP contribution in [0.2, 0.25) is 0 Å². The van der Waals surface area contributed by atoms with E-state index in [0.717, 1.165) is 0 Å². The smallest absolute Gasteiger partial charge is 0.411 e. The number of benzene rings is 1. The first-order chi connectivity index (χ1) is 10.5. The van der Waals surface area contributed by atoms with E-state index < -0.39 is 6.09 Å². The van der Waals surface area contributed by atoms with Crippen molar-refractivity contribution < 1.29 is 19.1 Å². The van der Waals surface area contributed by atoms with Crippen LogP contribution in [0, 0.1) is 0 Å². The van der Waals surface area contributed by atoms with Crippen LogP contribution in [0.1, 0.15) is 31.1 Å². The van der Waals surface area contributed by atoms with Gasteiger partial charge < -0.3 is 14.4 Å². The van der Waals surface area contributed by atoms with Crippen LogP contribution in [-0.2, 0) is 9.47 Å². The first-order valence-electron chi connectivity index (χ1n) is 7.48. The van der Waals surface area contributed by atoms with Crippen molar-refractivity contribution in [3.8, 4) is 0 Å². The lowest BCUT2D eigenvalue weighted by molar-refractivity contribution is -0.0586. The molecule has 0 bridgehead atoms. The number of morpholine rings is 1. The van der Waals surface area contributed by atoms with Gasteiger partial charge in [-0.2, -0.15) is 0 Å². The van der Waals surface area contributed by atoms with Crippen LogP contribution in [-0.4, -0.2) is 48.8 Å². The Morgan fingerprint density at radius 2 is 1.82 bits per heavy atom. The Morgan fingerprint density at radius 1 is 1.23 bits per heavy atom. The third-order valence-electron chi connectivity index (χ3n) is 3.36. The molecule has 1 aliphatic rings. The van der Waals surface area contributed by atoms with E-state index in [9.17, 15) is 9.59 Å². The molecule has 2 atom stereocenters. The Morgan fingerprint density at radius 3 is 2.36 bits per heavy atom. The molecule has 1 fully saturated rings. The monoisotopic (exact) mass is 306 g/mol. The van der Waals surface area contributed by atoms with E-state index in [2.05, 4.69) is 5.32 Å². The molecule has 2 rings (SSSR count). The largest absolute Gasteiger partial charge is 0.450 e. The SMILES string of the molecule is CCOC(=O)Nc1ccc(C(=O)N2C[C@H](C)O[C@@H](C)C2)cc1. The summed E-state index contributed by atoms with van der Waals surface area (Å²) in [7, 11) is 0. The second kappa shape index (κ2) is 7.26. The number of anilines is 1. The summed E-state index contributed by atoms with van der Waals surface area (Å²) >= 11 is 0. The van der Waals surface area contributed by atoms with Crippen LogP contribution >= 0.6 is 0 Å². The number of hydrogen-bond acceptors (Lipinski definition) is 4. The maximum atomic E-state index is 12.5. The molecular weight excluding hydrogens is 284 g/mol. The van der Waals surface area contributed by atoms with Crippen molar-refractivity contribution in [2.45, 2.75) is 33.0 Å². The Kier molecular flexibility index (Phi) is 5.38. The van der Waals surface area contributed by atoms with Gasteiger partial charge in [0, 0.05) is 24.3 Å². The summed E-state index contributed by atoms with van der Waals surface area (Å²) < 4.78 is 10.4. The van der Waals surface area contributed by atoms with Crippen LogP contribution in [0.15, 0.2) is 24.3 Å². The Hall–Kier alpha value is -2.08. The van der Waals surface area contributed by atoms with Gasteiger partial charge in [0.15, 0.2) is 0 Å². The van der Waals surface area contributed by atoms with Crippen LogP contribution in [0.4, 0.5) is 10.5 Å². The molecule has 0 radical (unpaired) electrons. The minimum Gasteiger partial charge on any atom is -0.450 e. The number of carbonyl (C=O) groups is 2. The van der Waals surface area contributed by atoms with Crippen molar-refractivity contribution >= 4 is 17.7 Å². The first-order valence-corrected chi connectivity index (χ1v) is 7.48. The second-order valence-electron chi connectivity index (χ2n) is 5.39. The van der Waals surface area contributed by atoms with Crippen molar-refractivity contribution in [3.05, 3.63) is 29.8 Å². The molecule has 0 spiro atoms. The molecule has 1 aliphatic heterocycles. The van der Waals surface area contributed by atoms with Crippen LogP contribution < -0.4 is 5.32 Å². The molecule has 0 unspecified atom stereocenters. The number of ether oxygens (including phenoxy) is 2. The lowest BCUT2D eigenvalue weighted by atomic mass is 10.1. The molecule has 0 aliphatic carbocycles. The number of rotatable bonds is 3. The minimum atomic E-state index is -0.502. The quantitative estimate of drug-likeness (QED) is 0.931. The van der Waals surface area contributed by atoms with Gasteiger partial charge >= 0.3 is 6.09 Å². The normalized spacial score (nSPS) is 21.3. The van der Waals surface area contributed by atoms with Gasteiger partial charge in [0.05, 0.1) is 18.8 Å². The zero-order chi connectivity index (χ0) is 16.1. The van der Waals surface area contributed by atoms with Gasteiger partial charge in [-0.3, -0.25) is 10.1 Å². The summed E-state index contributed by atoms with van der Waals surface area (Å²) in [6.45, 7) is 7.16. The van der Waals surface area contributed by atoms with Gasteiger partial charge in [-0.25, -0.2) is 4.79 Å². The van der Waals surface area contributed by atoms with Gasteiger partial charge in [-0.1, -0.05) is 0 Å². The number of carbonyl (C=O) groups excluding carboxylic acids is 2. The molecule has 22 heavy (non-hydrogen) atoms. The highest BCUT2D eigenvalue weighted by Gasteiger charge is 2.26. The number of amides is 2. The molecule has 0 aromatic heterocycles. The van der Waals surface area contributed by atoms with E-state index in [1.54, 1.807) is 36.1 Å². The Bertz CT molecular complexity index is 519. The molecule has 6 nitrogen and oxygen atoms in total. The van der Waals surface area contributed by atoms with Crippen molar-refractivity contribution in [1.29, 1.82) is 0 Å². The summed E-state index contributed by atoms with van der Waals surface area (Å²) in [5.74, 6) is -0.0234. The van der Waals surface area contributed by atoms with Crippen LogP contribution in [0.25, 0.3) is 0 Å². The topological polar surface area (TPSA) is 67.9 Å². The van der Waals surface area contributed by atoms with E-state index in [1.807, 2.05) is 13.8 Å². The summed E-state index contributed by atoms with van der Waals surface area (Å²) in [6, 6.07) is 6.79. The summed E-state index contributed by atoms with van der Waals surface area (Å²) in [6.07, 6.45) is -0.424. The van der Waals surface area contributed by atoms with Crippen LogP contribution in [0.3, 0.4) is 0 Å². The van der Waals surface area contributed by atoms with Gasteiger partial charge in [0.2, 0.25) is 0 Å². The number of nitrogens with one attached hydrogen (secondary N) is 1. The molecule has 1 heterocycles. The highest BCUT2D eigenvalue weighted by Crippen LogP contribution is 2.16. The predicted octanol–water partition coefficient (Wildman–Crippen LogP) is 2.50. The second-order valence-corrected chi connectivity index (χ2v) is 5.39. The standard InChI is InChI=1S/C16H22N2O4/c1-4-21-16(20)17-14-7-5-13(6-8-14)15(19)18-9-11(2)22-12(3)10-18/h5-8,11-12H,4,9-10H2,1-3H3,(H,17,20)/t11-,12-/m0/s1. The molecule has 1 N–H and O–H groups in total. The fraction of sp³-hybridized carbons (Fsp3) is 0.500. The van der Waals surface area contributed by atoms with Gasteiger partial charge in [-0.15, -0.1) is 0 Å². The van der Waals surface area contributed by atoms with Crippen molar-refractivity contribution in [1.82, 2.24) is 4.90 Å². The number of hydrogen-bond donors (Lipinski definition) is 1. The summed E-state index contributed by atoms with van der Waals surface area (Å²) in [5.41, 5.74) is 1.19. The van der Waals surface area contributed by atoms with E-state index in [-0.39, 0.29) is 18.1 Å². The van der Waals surface area contributed by atoms with Crippen LogP contribution in [0.5, 0.6) is 0 Å². The maximum Gasteiger partial charge on any atom is 0.411 e. The Balaban J connectivity index is 2.00. The molecule has 120 valence electrons.